The van der Waals surface area contributed by atoms with E-state index in [0.717, 1.165) is 55.4 Å². The number of alkyl halides is 3. The van der Waals surface area contributed by atoms with Crippen molar-refractivity contribution < 1.29 is 18.0 Å². The van der Waals surface area contributed by atoms with Crippen LogP contribution in [0, 0.1) is 13.8 Å². The van der Waals surface area contributed by atoms with Crippen molar-refractivity contribution >= 4 is 11.7 Å². The third-order valence-corrected chi connectivity index (χ3v) is 6.57. The summed E-state index contributed by atoms with van der Waals surface area (Å²) in [5.41, 5.74) is 7.22. The number of aryl methyl sites for hydroxylation is 2. The molecule has 0 radical (unpaired) electrons. The number of aromatic nitrogens is 4. The molecule has 0 saturated heterocycles. The molecule has 34 heavy (non-hydrogen) atoms. The summed E-state index contributed by atoms with van der Waals surface area (Å²) in [5.74, 6) is 0.291. The highest BCUT2D eigenvalue weighted by Gasteiger charge is 2.36. The molecular weight excluding hydrogens is 445 g/mol. The zero-order chi connectivity index (χ0) is 24.5. The maximum absolute atomic E-state index is 13.1. The molecule has 7 nitrogen and oxygen atoms in total. The summed E-state index contributed by atoms with van der Waals surface area (Å²) in [6, 6.07) is 5.33. The van der Waals surface area contributed by atoms with Crippen molar-refractivity contribution in [2.24, 2.45) is 0 Å². The van der Waals surface area contributed by atoms with E-state index in [1.165, 1.54) is 4.68 Å². The summed E-state index contributed by atoms with van der Waals surface area (Å²) < 4.78 is 40.5. The lowest BCUT2D eigenvalue weighted by Gasteiger charge is -2.38. The number of halogens is 3. The number of nitrogens with two attached hydrogens (primary N) is 1. The van der Waals surface area contributed by atoms with E-state index < -0.39 is 17.2 Å². The van der Waals surface area contributed by atoms with E-state index >= 15 is 0 Å². The van der Waals surface area contributed by atoms with E-state index in [-0.39, 0.29) is 11.9 Å². The van der Waals surface area contributed by atoms with E-state index in [1.54, 1.807) is 38.4 Å². The van der Waals surface area contributed by atoms with Gasteiger partial charge in [0.1, 0.15) is 5.82 Å². The molecule has 2 heterocycles. The Labute approximate surface area is 195 Å². The quantitative estimate of drug-likeness (QED) is 0.569. The van der Waals surface area contributed by atoms with Crippen molar-refractivity contribution in [3.05, 3.63) is 64.6 Å². The first kappa shape index (κ1) is 23.7. The SMILES string of the molecule is Cc1cnc(-n2cc(C(=O)NCC3(c4ccc(C(F)(F)F)cc4)CCCCC3)c(C)n2)nc1N. The third-order valence-electron chi connectivity index (χ3n) is 6.57. The zero-order valence-electron chi connectivity index (χ0n) is 19.1. The Hall–Kier alpha value is -3.43. The molecule has 1 aliphatic rings. The fourth-order valence-corrected chi connectivity index (χ4v) is 4.49. The average molecular weight is 473 g/mol. The van der Waals surface area contributed by atoms with E-state index in [9.17, 15) is 18.0 Å². The minimum absolute atomic E-state index is 0.263. The number of nitrogens with zero attached hydrogens (tertiary/aromatic N) is 4. The summed E-state index contributed by atoms with van der Waals surface area (Å²) in [6.07, 6.45) is 3.35. The fraction of sp³-hybridized carbons (Fsp3) is 0.417. The molecule has 0 aliphatic heterocycles. The summed E-state index contributed by atoms with van der Waals surface area (Å²) in [6.45, 7) is 3.84. The number of carbonyl (C=O) groups excluding carboxylic acids is 1. The van der Waals surface area contributed by atoms with Crippen LogP contribution in [0.15, 0.2) is 36.7 Å². The first-order valence-corrected chi connectivity index (χ1v) is 11.2. The topological polar surface area (TPSA) is 98.7 Å². The maximum Gasteiger partial charge on any atom is 0.416 e. The highest BCUT2D eigenvalue weighted by molar-refractivity contribution is 5.95. The van der Waals surface area contributed by atoms with Gasteiger partial charge in [0.15, 0.2) is 0 Å². The molecule has 0 unspecified atom stereocenters. The Bertz CT molecular complexity index is 1180. The molecule has 0 bridgehead atoms. The summed E-state index contributed by atoms with van der Waals surface area (Å²) in [5, 5.41) is 7.34. The van der Waals surface area contributed by atoms with Crippen LogP contribution >= 0.6 is 0 Å². The minimum atomic E-state index is -4.38. The van der Waals surface area contributed by atoms with E-state index in [1.807, 2.05) is 0 Å². The van der Waals surface area contributed by atoms with Crippen molar-refractivity contribution in [2.45, 2.75) is 57.5 Å². The van der Waals surface area contributed by atoms with Crippen LogP contribution in [0.3, 0.4) is 0 Å². The third kappa shape index (κ3) is 4.76. The maximum atomic E-state index is 13.1. The number of hydrogen-bond donors (Lipinski definition) is 2. The zero-order valence-corrected chi connectivity index (χ0v) is 19.1. The van der Waals surface area contributed by atoms with Crippen LogP contribution in [-0.2, 0) is 11.6 Å². The monoisotopic (exact) mass is 472 g/mol. The Morgan fingerprint density at radius 1 is 1.15 bits per heavy atom. The van der Waals surface area contributed by atoms with Crippen LogP contribution in [0.25, 0.3) is 5.95 Å². The second-order valence-corrected chi connectivity index (χ2v) is 8.91. The van der Waals surface area contributed by atoms with Gasteiger partial charge in [0.2, 0.25) is 0 Å². The van der Waals surface area contributed by atoms with Crippen LogP contribution in [0.4, 0.5) is 19.0 Å². The molecule has 4 rings (SSSR count). The molecule has 1 fully saturated rings. The lowest BCUT2D eigenvalue weighted by atomic mass is 9.69. The van der Waals surface area contributed by atoms with Crippen LogP contribution in [0.1, 0.15) is 64.8 Å². The van der Waals surface area contributed by atoms with Crippen molar-refractivity contribution in [3.63, 3.8) is 0 Å². The molecule has 10 heteroatoms. The van der Waals surface area contributed by atoms with E-state index in [0.29, 0.717) is 23.6 Å². The van der Waals surface area contributed by atoms with Gasteiger partial charge in [-0.05, 0) is 44.4 Å². The van der Waals surface area contributed by atoms with Crippen molar-refractivity contribution in [1.82, 2.24) is 25.1 Å². The van der Waals surface area contributed by atoms with Gasteiger partial charge in [-0.1, -0.05) is 31.4 Å². The fourth-order valence-electron chi connectivity index (χ4n) is 4.49. The normalized spacial score (nSPS) is 15.8. The molecule has 3 aromatic rings. The van der Waals surface area contributed by atoms with Crippen LogP contribution in [0.2, 0.25) is 0 Å². The smallest absolute Gasteiger partial charge is 0.383 e. The standard InChI is InChI=1S/C24H27F3N6O/c1-15-12-29-22(31-20(15)28)33-13-19(16(2)32-33)21(34)30-14-23(10-4-3-5-11-23)17-6-8-18(9-7-17)24(25,26)27/h6-9,12-13H,3-5,10-11,14H2,1-2H3,(H,30,34)(H2,28,29,31). The number of nitrogen functional groups attached to an aromatic ring is 1. The van der Waals surface area contributed by atoms with Crippen molar-refractivity contribution in [2.75, 3.05) is 12.3 Å². The van der Waals surface area contributed by atoms with Gasteiger partial charge in [0.25, 0.3) is 11.9 Å². The lowest BCUT2D eigenvalue weighted by Crippen LogP contribution is -2.42. The predicted octanol–water partition coefficient (Wildman–Crippen LogP) is 4.51. The Morgan fingerprint density at radius 2 is 1.82 bits per heavy atom. The molecule has 2 aromatic heterocycles. The van der Waals surface area contributed by atoms with Crippen LogP contribution < -0.4 is 11.1 Å². The van der Waals surface area contributed by atoms with Gasteiger partial charge in [-0.25, -0.2) is 9.67 Å². The van der Waals surface area contributed by atoms with Gasteiger partial charge in [0.05, 0.1) is 16.8 Å². The molecule has 0 atom stereocenters. The van der Waals surface area contributed by atoms with Gasteiger partial charge >= 0.3 is 6.18 Å². The molecule has 0 spiro atoms. The summed E-state index contributed by atoms with van der Waals surface area (Å²) in [4.78, 5) is 21.5. The number of nitrogens with one attached hydrogen (secondary N) is 1. The number of anilines is 1. The van der Waals surface area contributed by atoms with Gasteiger partial charge in [0, 0.05) is 29.9 Å². The van der Waals surface area contributed by atoms with E-state index in [4.69, 9.17) is 5.73 Å². The second kappa shape index (κ2) is 9.08. The highest BCUT2D eigenvalue weighted by Crippen LogP contribution is 2.40. The Balaban J connectivity index is 1.54. The van der Waals surface area contributed by atoms with Gasteiger partial charge in [-0.3, -0.25) is 4.79 Å². The van der Waals surface area contributed by atoms with Gasteiger partial charge in [-0.15, -0.1) is 0 Å². The van der Waals surface area contributed by atoms with Crippen LogP contribution in [-0.4, -0.2) is 32.2 Å². The highest BCUT2D eigenvalue weighted by atomic mass is 19.4. The predicted molar refractivity (Wildman–Crippen MR) is 122 cm³/mol. The lowest BCUT2D eigenvalue weighted by molar-refractivity contribution is -0.137. The number of carbonyl (C=O) groups is 1. The van der Waals surface area contributed by atoms with Crippen LogP contribution in [0.5, 0.6) is 0 Å². The summed E-state index contributed by atoms with van der Waals surface area (Å²) >= 11 is 0. The van der Waals surface area contributed by atoms with Crippen molar-refractivity contribution in [1.29, 1.82) is 0 Å². The minimum Gasteiger partial charge on any atom is -0.383 e. The second-order valence-electron chi connectivity index (χ2n) is 8.91. The summed E-state index contributed by atoms with van der Waals surface area (Å²) in [7, 11) is 0. The van der Waals surface area contributed by atoms with Crippen molar-refractivity contribution in [3.8, 4) is 5.95 Å². The molecular formula is C24H27F3N6O. The van der Waals surface area contributed by atoms with Gasteiger partial charge < -0.3 is 11.1 Å². The number of rotatable bonds is 5. The van der Waals surface area contributed by atoms with Gasteiger partial charge in [-0.2, -0.15) is 23.3 Å². The number of benzene rings is 1. The average Bonchev–Trinajstić information content (AvgIpc) is 3.21. The molecule has 1 aliphatic carbocycles. The molecule has 3 N–H and O–H groups in total. The van der Waals surface area contributed by atoms with E-state index in [2.05, 4.69) is 20.4 Å². The largest absolute Gasteiger partial charge is 0.416 e. The first-order chi connectivity index (χ1) is 16.1. The molecule has 1 saturated carbocycles. The first-order valence-electron chi connectivity index (χ1n) is 11.2. The molecule has 180 valence electrons. The number of hydrogen-bond acceptors (Lipinski definition) is 5. The Kier molecular flexibility index (Phi) is 6.33. The molecule has 1 amide bonds. The molecule has 1 aromatic carbocycles. The number of amides is 1. The Morgan fingerprint density at radius 3 is 2.44 bits per heavy atom.